The van der Waals surface area contributed by atoms with Crippen molar-refractivity contribution in [1.29, 1.82) is 0 Å². The molecular formula is C9H9BrF3N. The molecule has 14 heavy (non-hydrogen) atoms. The van der Waals surface area contributed by atoms with Gasteiger partial charge in [0.1, 0.15) is 11.6 Å². The molecule has 0 radical (unpaired) electrons. The lowest BCUT2D eigenvalue weighted by Gasteiger charge is -2.20. The molecule has 0 bridgehead atoms. The maximum absolute atomic E-state index is 13.6. The third kappa shape index (κ3) is 1.93. The second kappa shape index (κ2) is 3.90. The predicted molar refractivity (Wildman–Crippen MR) is 51.6 cm³/mol. The molecule has 0 aliphatic carbocycles. The van der Waals surface area contributed by atoms with Crippen LogP contribution in [0.2, 0.25) is 0 Å². The Hall–Kier alpha value is -0.550. The van der Waals surface area contributed by atoms with Gasteiger partial charge in [-0.15, -0.1) is 0 Å². The molecule has 1 atom stereocenters. The molecular weight excluding hydrogens is 259 g/mol. The van der Waals surface area contributed by atoms with Crippen molar-refractivity contribution in [2.45, 2.75) is 12.6 Å². The first kappa shape index (κ1) is 11.5. The SMILES string of the molecule is CC(F)(CN)c1c(F)ccc(Br)c1F. The lowest BCUT2D eigenvalue weighted by molar-refractivity contribution is 0.188. The molecule has 0 heterocycles. The van der Waals surface area contributed by atoms with Crippen LogP contribution in [0.4, 0.5) is 13.2 Å². The molecule has 1 unspecified atom stereocenters. The zero-order valence-electron chi connectivity index (χ0n) is 7.45. The number of rotatable bonds is 2. The van der Waals surface area contributed by atoms with Crippen molar-refractivity contribution in [2.24, 2.45) is 5.73 Å². The highest BCUT2D eigenvalue weighted by Gasteiger charge is 2.32. The Labute approximate surface area is 88.2 Å². The molecule has 1 aromatic rings. The largest absolute Gasteiger partial charge is 0.327 e. The lowest BCUT2D eigenvalue weighted by atomic mass is 9.97. The smallest absolute Gasteiger partial charge is 0.151 e. The fraction of sp³-hybridized carbons (Fsp3) is 0.333. The van der Waals surface area contributed by atoms with Crippen molar-refractivity contribution in [1.82, 2.24) is 0 Å². The standard InChI is InChI=1S/C9H9BrF3N/c1-9(13,4-14)7-6(11)3-2-5(10)8(7)12/h2-3H,4,14H2,1H3. The molecule has 2 N–H and O–H groups in total. The molecule has 5 heteroatoms. The Balaban J connectivity index is 3.40. The van der Waals surface area contributed by atoms with Gasteiger partial charge in [-0.05, 0) is 35.0 Å². The Bertz CT molecular complexity index is 352. The summed E-state index contributed by atoms with van der Waals surface area (Å²) in [5.74, 6) is -1.87. The van der Waals surface area contributed by atoms with Gasteiger partial charge in [0, 0.05) is 6.54 Å². The van der Waals surface area contributed by atoms with Crippen LogP contribution in [-0.4, -0.2) is 6.54 Å². The van der Waals surface area contributed by atoms with Gasteiger partial charge < -0.3 is 5.73 Å². The van der Waals surface area contributed by atoms with Crippen LogP contribution in [0.1, 0.15) is 12.5 Å². The van der Waals surface area contributed by atoms with Crippen LogP contribution in [0, 0.1) is 11.6 Å². The van der Waals surface area contributed by atoms with Crippen molar-refractivity contribution in [3.8, 4) is 0 Å². The second-order valence-corrected chi connectivity index (χ2v) is 3.97. The minimum atomic E-state index is -2.20. The monoisotopic (exact) mass is 267 g/mol. The van der Waals surface area contributed by atoms with Gasteiger partial charge in [0.15, 0.2) is 5.67 Å². The van der Waals surface area contributed by atoms with E-state index in [1.165, 1.54) is 6.07 Å². The topological polar surface area (TPSA) is 26.0 Å². The number of alkyl halides is 1. The van der Waals surface area contributed by atoms with E-state index >= 15 is 0 Å². The molecule has 1 rings (SSSR count). The summed E-state index contributed by atoms with van der Waals surface area (Å²) >= 11 is 2.85. The lowest BCUT2D eigenvalue weighted by Crippen LogP contribution is -2.29. The molecule has 1 nitrogen and oxygen atoms in total. The molecule has 0 aliphatic rings. The van der Waals surface area contributed by atoms with Crippen LogP contribution in [0.3, 0.4) is 0 Å². The predicted octanol–water partition coefficient (Wildman–Crippen LogP) is 2.87. The van der Waals surface area contributed by atoms with Gasteiger partial charge in [0.05, 0.1) is 10.0 Å². The molecule has 78 valence electrons. The molecule has 0 amide bonds. The molecule has 0 spiro atoms. The van der Waals surface area contributed by atoms with E-state index in [1.54, 1.807) is 0 Å². The zero-order valence-corrected chi connectivity index (χ0v) is 9.04. The van der Waals surface area contributed by atoms with E-state index in [4.69, 9.17) is 5.73 Å². The number of benzene rings is 1. The fourth-order valence-electron chi connectivity index (χ4n) is 1.11. The van der Waals surface area contributed by atoms with E-state index in [2.05, 4.69) is 15.9 Å². The Morgan fingerprint density at radius 1 is 1.43 bits per heavy atom. The summed E-state index contributed by atoms with van der Waals surface area (Å²) in [6, 6.07) is 2.18. The Morgan fingerprint density at radius 2 is 2.00 bits per heavy atom. The molecule has 0 fully saturated rings. The summed E-state index contributed by atoms with van der Waals surface area (Å²) < 4.78 is 40.2. The number of halogens is 4. The van der Waals surface area contributed by atoms with Gasteiger partial charge in [-0.3, -0.25) is 0 Å². The average Bonchev–Trinajstić information content (AvgIpc) is 2.12. The van der Waals surface area contributed by atoms with E-state index in [0.29, 0.717) is 0 Å². The number of hydrogen-bond donors (Lipinski definition) is 1. The fourth-order valence-corrected chi connectivity index (χ4v) is 1.44. The molecule has 1 aromatic carbocycles. The van der Waals surface area contributed by atoms with E-state index in [9.17, 15) is 13.2 Å². The van der Waals surface area contributed by atoms with E-state index in [1.807, 2.05) is 0 Å². The van der Waals surface area contributed by atoms with E-state index in [0.717, 1.165) is 13.0 Å². The van der Waals surface area contributed by atoms with Gasteiger partial charge in [-0.1, -0.05) is 0 Å². The zero-order chi connectivity index (χ0) is 10.9. The Kier molecular flexibility index (Phi) is 3.21. The molecule has 0 aliphatic heterocycles. The maximum atomic E-state index is 13.6. The summed E-state index contributed by atoms with van der Waals surface area (Å²) in [4.78, 5) is 0. The summed E-state index contributed by atoms with van der Waals surface area (Å²) in [5.41, 5.74) is 2.28. The van der Waals surface area contributed by atoms with Crippen LogP contribution in [0.5, 0.6) is 0 Å². The quantitative estimate of drug-likeness (QED) is 0.820. The minimum absolute atomic E-state index is 0.0197. The highest BCUT2D eigenvalue weighted by molar-refractivity contribution is 9.10. The van der Waals surface area contributed by atoms with E-state index in [-0.39, 0.29) is 4.47 Å². The number of nitrogens with two attached hydrogens (primary N) is 1. The average molecular weight is 268 g/mol. The first-order valence-corrected chi connectivity index (χ1v) is 4.72. The van der Waals surface area contributed by atoms with E-state index < -0.39 is 29.4 Å². The Morgan fingerprint density at radius 3 is 2.50 bits per heavy atom. The van der Waals surface area contributed by atoms with Crippen LogP contribution in [-0.2, 0) is 5.67 Å². The summed E-state index contributed by atoms with van der Waals surface area (Å²) in [5, 5.41) is 0. The van der Waals surface area contributed by atoms with Crippen molar-refractivity contribution >= 4 is 15.9 Å². The third-order valence-corrected chi connectivity index (χ3v) is 2.56. The molecule has 0 saturated carbocycles. The van der Waals surface area contributed by atoms with Crippen molar-refractivity contribution in [3.05, 3.63) is 33.8 Å². The second-order valence-electron chi connectivity index (χ2n) is 3.12. The maximum Gasteiger partial charge on any atom is 0.151 e. The first-order chi connectivity index (χ1) is 6.40. The van der Waals surface area contributed by atoms with Gasteiger partial charge in [-0.25, -0.2) is 13.2 Å². The minimum Gasteiger partial charge on any atom is -0.327 e. The molecule has 0 saturated heterocycles. The van der Waals surface area contributed by atoms with Crippen LogP contribution < -0.4 is 5.73 Å². The normalized spacial score (nSPS) is 15.3. The highest BCUT2D eigenvalue weighted by atomic mass is 79.9. The van der Waals surface area contributed by atoms with Crippen molar-refractivity contribution in [2.75, 3.05) is 6.54 Å². The van der Waals surface area contributed by atoms with Crippen molar-refractivity contribution in [3.63, 3.8) is 0 Å². The number of hydrogen-bond acceptors (Lipinski definition) is 1. The molecule has 0 aromatic heterocycles. The van der Waals surface area contributed by atoms with Crippen LogP contribution in [0.25, 0.3) is 0 Å². The summed E-state index contributed by atoms with van der Waals surface area (Å²) in [6.07, 6.45) is 0. The van der Waals surface area contributed by atoms with Gasteiger partial charge in [0.2, 0.25) is 0 Å². The van der Waals surface area contributed by atoms with Crippen LogP contribution >= 0.6 is 15.9 Å². The van der Waals surface area contributed by atoms with Crippen molar-refractivity contribution < 1.29 is 13.2 Å². The van der Waals surface area contributed by atoms with Gasteiger partial charge in [-0.2, -0.15) is 0 Å². The highest BCUT2D eigenvalue weighted by Crippen LogP contribution is 2.32. The summed E-state index contributed by atoms with van der Waals surface area (Å²) in [6.45, 7) is 0.568. The van der Waals surface area contributed by atoms with Crippen LogP contribution in [0.15, 0.2) is 16.6 Å². The van der Waals surface area contributed by atoms with Gasteiger partial charge in [0.25, 0.3) is 0 Å². The third-order valence-electron chi connectivity index (χ3n) is 1.95. The summed E-state index contributed by atoms with van der Waals surface area (Å²) in [7, 11) is 0. The first-order valence-electron chi connectivity index (χ1n) is 3.93. The van der Waals surface area contributed by atoms with Gasteiger partial charge >= 0.3 is 0 Å².